The zero-order valence-corrected chi connectivity index (χ0v) is 11.6. The van der Waals surface area contributed by atoms with Crippen LogP contribution in [0.4, 0.5) is 0 Å². The van der Waals surface area contributed by atoms with Crippen molar-refractivity contribution in [2.75, 3.05) is 21.3 Å². The van der Waals surface area contributed by atoms with Crippen LogP contribution in [0.3, 0.4) is 0 Å². The van der Waals surface area contributed by atoms with E-state index in [0.717, 1.165) is 5.56 Å². The van der Waals surface area contributed by atoms with Gasteiger partial charge in [-0.2, -0.15) is 0 Å². The summed E-state index contributed by atoms with van der Waals surface area (Å²) in [6.07, 6.45) is -0.571. The molecule has 0 bridgehead atoms. The number of benzene rings is 1. The van der Waals surface area contributed by atoms with Gasteiger partial charge in [-0.25, -0.2) is 0 Å². The van der Waals surface area contributed by atoms with Crippen LogP contribution in [-0.4, -0.2) is 26.4 Å². The highest BCUT2D eigenvalue weighted by Gasteiger charge is 2.14. The maximum Gasteiger partial charge on any atom is 0.203 e. The lowest BCUT2D eigenvalue weighted by atomic mass is 10.1. The molecule has 1 rings (SSSR count). The molecule has 1 atom stereocenters. The fourth-order valence-corrected chi connectivity index (χ4v) is 1.34. The highest BCUT2D eigenvalue weighted by Crippen LogP contribution is 2.39. The first-order valence-corrected chi connectivity index (χ1v) is 5.71. The molecule has 1 aromatic carbocycles. The van der Waals surface area contributed by atoms with Crippen molar-refractivity contribution in [3.8, 4) is 17.2 Å². The molecular weight excluding hydrogens is 260 g/mol. The summed E-state index contributed by atoms with van der Waals surface area (Å²) >= 11 is -1.08. The van der Waals surface area contributed by atoms with Crippen molar-refractivity contribution in [2.24, 2.45) is 0 Å². The van der Waals surface area contributed by atoms with E-state index in [-0.39, 0.29) is 0 Å². The summed E-state index contributed by atoms with van der Waals surface area (Å²) in [5.41, 5.74) is 0.726. The lowest BCUT2D eigenvalue weighted by Crippen LogP contribution is -1.98. The lowest BCUT2D eigenvalue weighted by Gasteiger charge is -2.15. The Morgan fingerprint density at radius 2 is 1.44 bits per heavy atom. The predicted molar refractivity (Wildman–Crippen MR) is 66.9 cm³/mol. The molecule has 18 heavy (non-hydrogen) atoms. The Bertz CT molecular complexity index is 387. The zero-order chi connectivity index (χ0) is 14.1. The molecule has 0 aromatic heterocycles. The van der Waals surface area contributed by atoms with Crippen molar-refractivity contribution in [2.45, 2.75) is 13.0 Å². The van der Waals surface area contributed by atoms with Crippen LogP contribution in [0.1, 0.15) is 18.6 Å². The largest absolute Gasteiger partial charge is 0.493 e. The summed E-state index contributed by atoms with van der Waals surface area (Å²) in [5.74, 6) is 1.63. The van der Waals surface area contributed by atoms with E-state index in [9.17, 15) is 5.11 Å². The first kappa shape index (κ1) is 16.5. The molecule has 0 spiro atoms. The molecule has 6 nitrogen and oxygen atoms in total. The van der Waals surface area contributed by atoms with E-state index in [0.29, 0.717) is 17.2 Å². The Morgan fingerprint density at radius 1 is 1.06 bits per heavy atom. The minimum absolute atomic E-state index is 0.532. The van der Waals surface area contributed by atoms with E-state index >= 15 is 0 Å². The Balaban J connectivity index is 0.000000873. The van der Waals surface area contributed by atoms with E-state index in [1.165, 1.54) is 0 Å². The monoisotopic (exact) mass is 277 g/mol. The Kier molecular flexibility index (Phi) is 7.89. The van der Waals surface area contributed by atoms with Gasteiger partial charge < -0.3 is 27.7 Å². The summed E-state index contributed by atoms with van der Waals surface area (Å²) in [6, 6.07) is 3.46. The van der Waals surface area contributed by atoms with Gasteiger partial charge in [0.15, 0.2) is 11.5 Å². The number of hydrogen-bond donors (Lipinski definition) is 1. The summed E-state index contributed by atoms with van der Waals surface area (Å²) in [7, 11) is 4.63. The first-order valence-electron chi connectivity index (χ1n) is 4.98. The molecule has 1 N–H and O–H groups in total. The molecule has 0 aliphatic heterocycles. The number of hydrogen-bond acceptors (Lipinski definition) is 7. The molecule has 0 heterocycles. The highest BCUT2D eigenvalue weighted by molar-refractivity contribution is 7.51. The van der Waals surface area contributed by atoms with Gasteiger partial charge in [0.05, 0.1) is 27.4 Å². The molecule has 0 aliphatic carbocycles. The molecule has 1 aromatic rings. The van der Waals surface area contributed by atoms with E-state index in [1.807, 2.05) is 0 Å². The van der Waals surface area contributed by atoms with Crippen molar-refractivity contribution >= 4 is 11.6 Å². The standard InChI is InChI=1S/C11H16O4.HO2S/c1-7(12)8-5-9(13-2)11(15-4)10(6-8)14-3;1-3-2/h5-7,12H,1-4H3;3H/q;-1. The van der Waals surface area contributed by atoms with Gasteiger partial charge in [0.1, 0.15) is 0 Å². The summed E-state index contributed by atoms with van der Waals surface area (Å²) in [5, 5.41) is 9.48. The van der Waals surface area contributed by atoms with Gasteiger partial charge in [0, 0.05) is 0 Å². The molecule has 0 radical (unpaired) electrons. The topological polar surface area (TPSA) is 82.1 Å². The van der Waals surface area contributed by atoms with Crippen molar-refractivity contribution in [3.05, 3.63) is 17.7 Å². The zero-order valence-electron chi connectivity index (χ0n) is 10.7. The molecule has 104 valence electrons. The van der Waals surface area contributed by atoms with Gasteiger partial charge in [-0.3, -0.25) is 0 Å². The van der Waals surface area contributed by atoms with Crippen LogP contribution >= 0.6 is 0 Å². The second-order valence-corrected chi connectivity index (χ2v) is 3.36. The Hall–Kier alpha value is -1.47. The first-order chi connectivity index (χ1) is 8.55. The molecule has 0 aliphatic rings. The lowest BCUT2D eigenvalue weighted by molar-refractivity contribution is 0.198. The predicted octanol–water partition coefficient (Wildman–Crippen LogP) is 1.26. The van der Waals surface area contributed by atoms with Gasteiger partial charge in [0.2, 0.25) is 5.75 Å². The van der Waals surface area contributed by atoms with Crippen LogP contribution in [0.15, 0.2) is 12.1 Å². The quantitative estimate of drug-likeness (QED) is 0.659. The molecule has 0 saturated heterocycles. The van der Waals surface area contributed by atoms with E-state index < -0.39 is 17.7 Å². The molecule has 7 heteroatoms. The maximum absolute atomic E-state index is 9.48. The number of rotatable bonds is 4. The number of aliphatic hydroxyl groups is 1. The van der Waals surface area contributed by atoms with Gasteiger partial charge in [-0.15, -0.1) is 0 Å². The molecule has 0 amide bonds. The third-order valence-electron chi connectivity index (χ3n) is 2.17. The van der Waals surface area contributed by atoms with Crippen LogP contribution in [0.25, 0.3) is 0 Å². The smallest absolute Gasteiger partial charge is 0.203 e. The van der Waals surface area contributed by atoms with Crippen molar-refractivity contribution in [1.82, 2.24) is 0 Å². The minimum atomic E-state index is -1.08. The summed E-state index contributed by atoms with van der Waals surface area (Å²) in [4.78, 5) is 0. The fraction of sp³-hybridized carbons (Fsp3) is 0.455. The van der Waals surface area contributed by atoms with Crippen molar-refractivity contribution in [3.63, 3.8) is 0 Å². The van der Waals surface area contributed by atoms with Gasteiger partial charge in [-0.1, -0.05) is 11.6 Å². The van der Waals surface area contributed by atoms with E-state index in [2.05, 4.69) is 0 Å². The number of ether oxygens (including phenoxy) is 3. The van der Waals surface area contributed by atoms with Crippen molar-refractivity contribution < 1.29 is 27.7 Å². The van der Waals surface area contributed by atoms with Gasteiger partial charge in [0.25, 0.3) is 0 Å². The maximum atomic E-state index is 9.48. The van der Waals surface area contributed by atoms with E-state index in [1.54, 1.807) is 40.4 Å². The fourth-order valence-electron chi connectivity index (χ4n) is 1.34. The second kappa shape index (κ2) is 8.60. The molecule has 1 unspecified atom stereocenters. The van der Waals surface area contributed by atoms with Gasteiger partial charge in [-0.05, 0) is 24.6 Å². The molecular formula is C11H17O6S-. The third kappa shape index (κ3) is 4.42. The Labute approximate surface area is 109 Å². The van der Waals surface area contributed by atoms with Gasteiger partial charge >= 0.3 is 0 Å². The van der Waals surface area contributed by atoms with Crippen LogP contribution in [0.5, 0.6) is 17.2 Å². The number of methoxy groups -OCH3 is 3. The molecule has 0 fully saturated rings. The molecule has 0 saturated carbocycles. The average Bonchev–Trinajstić information content (AvgIpc) is 2.37. The SMILES string of the molecule is COc1cc(C(C)O)cc(OC)c1OC.O=[SH-]=O. The minimum Gasteiger partial charge on any atom is -0.493 e. The van der Waals surface area contributed by atoms with Crippen molar-refractivity contribution in [1.29, 1.82) is 0 Å². The van der Waals surface area contributed by atoms with E-state index in [4.69, 9.17) is 22.6 Å². The van der Waals surface area contributed by atoms with Crippen LogP contribution in [0.2, 0.25) is 0 Å². The van der Waals surface area contributed by atoms with Crippen LogP contribution in [-0.2, 0) is 20.0 Å². The highest BCUT2D eigenvalue weighted by atomic mass is 32.1. The number of aliphatic hydroxyl groups excluding tert-OH is 1. The average molecular weight is 277 g/mol. The second-order valence-electron chi connectivity index (χ2n) is 3.21. The Morgan fingerprint density at radius 3 is 1.67 bits per heavy atom. The third-order valence-corrected chi connectivity index (χ3v) is 2.17. The normalized spacial score (nSPS) is 10.9. The summed E-state index contributed by atoms with van der Waals surface area (Å²) in [6.45, 7) is 1.68. The van der Waals surface area contributed by atoms with Crippen LogP contribution < -0.4 is 14.2 Å². The van der Waals surface area contributed by atoms with Crippen LogP contribution in [0, 0.1) is 0 Å². The summed E-state index contributed by atoms with van der Waals surface area (Å²) < 4.78 is 32.2. The number of thiol groups is 1.